The molecule has 132 valence electrons. The Hall–Kier alpha value is -1.14. The van der Waals surface area contributed by atoms with Crippen molar-refractivity contribution >= 4 is 11.8 Å². The van der Waals surface area contributed by atoms with E-state index in [1.807, 2.05) is 11.8 Å². The average molecular weight is 324 g/mol. The molecule has 2 N–H and O–H groups in total. The number of piperidine rings is 1. The lowest BCUT2D eigenvalue weighted by Gasteiger charge is -2.32. The number of hydrogen-bond acceptors (Lipinski definition) is 4. The van der Waals surface area contributed by atoms with Crippen LogP contribution in [-0.4, -0.2) is 74.0 Å². The van der Waals surface area contributed by atoms with Crippen molar-refractivity contribution in [1.29, 1.82) is 0 Å². The van der Waals surface area contributed by atoms with Crippen LogP contribution in [0, 0.1) is 5.92 Å². The van der Waals surface area contributed by atoms with Crippen molar-refractivity contribution in [2.24, 2.45) is 5.92 Å². The molecule has 0 radical (unpaired) electrons. The van der Waals surface area contributed by atoms with E-state index in [0.717, 1.165) is 71.5 Å². The topological polar surface area (TPSA) is 64.7 Å². The van der Waals surface area contributed by atoms with Gasteiger partial charge in [0.2, 0.25) is 11.8 Å². The first kappa shape index (κ1) is 18.2. The predicted molar refractivity (Wildman–Crippen MR) is 91.1 cm³/mol. The molecule has 2 saturated heterocycles. The Morgan fingerprint density at radius 2 is 2.00 bits per heavy atom. The summed E-state index contributed by atoms with van der Waals surface area (Å²) < 4.78 is 0. The van der Waals surface area contributed by atoms with E-state index in [0.29, 0.717) is 13.0 Å². The molecule has 0 aromatic heterocycles. The third-order valence-electron chi connectivity index (χ3n) is 4.77. The number of amides is 2. The van der Waals surface area contributed by atoms with Crippen LogP contribution in [0.15, 0.2) is 0 Å². The number of likely N-dealkylation sites (tertiary alicyclic amines) is 1. The Bertz CT molecular complexity index is 383. The van der Waals surface area contributed by atoms with Gasteiger partial charge in [-0.1, -0.05) is 6.92 Å². The fourth-order valence-corrected chi connectivity index (χ4v) is 3.38. The van der Waals surface area contributed by atoms with Crippen LogP contribution in [0.5, 0.6) is 0 Å². The number of hydrogen-bond donors (Lipinski definition) is 2. The van der Waals surface area contributed by atoms with Gasteiger partial charge in [0.15, 0.2) is 0 Å². The molecule has 2 aliphatic rings. The van der Waals surface area contributed by atoms with E-state index in [4.69, 9.17) is 0 Å². The zero-order chi connectivity index (χ0) is 16.5. The fraction of sp³-hybridized carbons (Fsp3) is 0.882. The van der Waals surface area contributed by atoms with Crippen molar-refractivity contribution < 1.29 is 9.59 Å². The molecule has 2 fully saturated rings. The quantitative estimate of drug-likeness (QED) is 0.667. The maximum absolute atomic E-state index is 12.3. The number of carbonyl (C=O) groups excluding carboxylic acids is 2. The minimum absolute atomic E-state index is 0.0243. The van der Waals surface area contributed by atoms with Crippen LogP contribution < -0.4 is 10.6 Å². The average Bonchev–Trinajstić information content (AvgIpc) is 2.60. The van der Waals surface area contributed by atoms with E-state index in [-0.39, 0.29) is 17.7 Å². The van der Waals surface area contributed by atoms with Gasteiger partial charge in [-0.2, -0.15) is 0 Å². The lowest BCUT2D eigenvalue weighted by atomic mass is 9.96. The second-order valence-electron chi connectivity index (χ2n) is 6.67. The molecule has 0 bridgehead atoms. The molecule has 6 nitrogen and oxygen atoms in total. The van der Waals surface area contributed by atoms with E-state index in [9.17, 15) is 9.59 Å². The second kappa shape index (κ2) is 9.88. The van der Waals surface area contributed by atoms with Crippen LogP contribution in [0.2, 0.25) is 0 Å². The fourth-order valence-electron chi connectivity index (χ4n) is 3.38. The molecule has 0 aromatic rings. The first-order chi connectivity index (χ1) is 11.2. The number of rotatable bonds is 7. The van der Waals surface area contributed by atoms with Gasteiger partial charge in [0.05, 0.1) is 5.92 Å². The highest BCUT2D eigenvalue weighted by atomic mass is 16.2. The summed E-state index contributed by atoms with van der Waals surface area (Å²) >= 11 is 0. The molecule has 0 spiro atoms. The first-order valence-corrected chi connectivity index (χ1v) is 9.19. The summed E-state index contributed by atoms with van der Waals surface area (Å²) in [4.78, 5) is 28.6. The molecule has 2 aliphatic heterocycles. The molecule has 2 amide bonds. The number of carbonyl (C=O) groups is 2. The van der Waals surface area contributed by atoms with E-state index >= 15 is 0 Å². The Labute approximate surface area is 140 Å². The minimum Gasteiger partial charge on any atom is -0.356 e. The SMILES string of the molecule is CCCC(=O)N1CCCC(C(=O)NCCCN2CCNCC2)C1. The third kappa shape index (κ3) is 6.11. The summed E-state index contributed by atoms with van der Waals surface area (Å²) in [6.45, 7) is 9.55. The Morgan fingerprint density at radius 1 is 1.22 bits per heavy atom. The van der Waals surface area contributed by atoms with Crippen molar-refractivity contribution in [2.45, 2.75) is 39.0 Å². The number of nitrogens with one attached hydrogen (secondary N) is 2. The van der Waals surface area contributed by atoms with E-state index in [1.165, 1.54) is 0 Å². The molecular weight excluding hydrogens is 292 g/mol. The summed E-state index contributed by atoms with van der Waals surface area (Å²) in [6.07, 6.45) is 4.31. The van der Waals surface area contributed by atoms with Crippen LogP contribution in [0.4, 0.5) is 0 Å². The van der Waals surface area contributed by atoms with Crippen LogP contribution in [0.3, 0.4) is 0 Å². The van der Waals surface area contributed by atoms with Crippen molar-refractivity contribution in [1.82, 2.24) is 20.4 Å². The lowest BCUT2D eigenvalue weighted by molar-refractivity contribution is -0.135. The standard InChI is InChI=1S/C17H32N4O2/c1-2-5-16(22)21-11-3-6-15(14-21)17(23)19-7-4-10-20-12-8-18-9-13-20/h15,18H,2-14H2,1H3,(H,19,23). The van der Waals surface area contributed by atoms with Crippen LogP contribution in [-0.2, 0) is 9.59 Å². The van der Waals surface area contributed by atoms with E-state index in [1.54, 1.807) is 0 Å². The maximum atomic E-state index is 12.3. The molecule has 1 unspecified atom stereocenters. The van der Waals surface area contributed by atoms with Crippen LogP contribution >= 0.6 is 0 Å². The first-order valence-electron chi connectivity index (χ1n) is 9.19. The van der Waals surface area contributed by atoms with Gasteiger partial charge in [0.1, 0.15) is 0 Å². The van der Waals surface area contributed by atoms with E-state index < -0.39 is 0 Å². The Morgan fingerprint density at radius 3 is 2.74 bits per heavy atom. The number of piperazine rings is 1. The largest absolute Gasteiger partial charge is 0.356 e. The molecule has 1 atom stereocenters. The molecule has 23 heavy (non-hydrogen) atoms. The van der Waals surface area contributed by atoms with Gasteiger partial charge < -0.3 is 20.4 Å². The minimum atomic E-state index is -0.0243. The highest BCUT2D eigenvalue weighted by Gasteiger charge is 2.27. The van der Waals surface area contributed by atoms with Gasteiger partial charge in [-0.05, 0) is 32.2 Å². The normalized spacial score (nSPS) is 22.8. The highest BCUT2D eigenvalue weighted by molar-refractivity contribution is 5.81. The molecule has 0 aromatic carbocycles. The summed E-state index contributed by atoms with van der Waals surface area (Å²) in [7, 11) is 0. The van der Waals surface area contributed by atoms with Crippen molar-refractivity contribution in [3.63, 3.8) is 0 Å². The van der Waals surface area contributed by atoms with Crippen LogP contribution in [0.1, 0.15) is 39.0 Å². The molecule has 2 heterocycles. The second-order valence-corrected chi connectivity index (χ2v) is 6.67. The zero-order valence-corrected chi connectivity index (χ0v) is 14.5. The Kier molecular flexibility index (Phi) is 7.82. The van der Waals surface area contributed by atoms with Gasteiger partial charge in [-0.25, -0.2) is 0 Å². The Balaban J connectivity index is 1.63. The van der Waals surface area contributed by atoms with E-state index in [2.05, 4.69) is 15.5 Å². The molecular formula is C17H32N4O2. The molecule has 2 rings (SSSR count). The van der Waals surface area contributed by atoms with Crippen molar-refractivity contribution in [2.75, 3.05) is 52.4 Å². The van der Waals surface area contributed by atoms with Crippen molar-refractivity contribution in [3.05, 3.63) is 0 Å². The summed E-state index contributed by atoms with van der Waals surface area (Å²) in [5, 5.41) is 6.41. The molecule has 0 aliphatic carbocycles. The monoisotopic (exact) mass is 324 g/mol. The van der Waals surface area contributed by atoms with Crippen molar-refractivity contribution in [3.8, 4) is 0 Å². The smallest absolute Gasteiger partial charge is 0.224 e. The zero-order valence-electron chi connectivity index (χ0n) is 14.5. The summed E-state index contributed by atoms with van der Waals surface area (Å²) in [5.74, 6) is 0.298. The van der Waals surface area contributed by atoms with Gasteiger partial charge >= 0.3 is 0 Å². The predicted octanol–water partition coefficient (Wildman–Crippen LogP) is 0.437. The van der Waals surface area contributed by atoms with Gasteiger partial charge in [-0.3, -0.25) is 9.59 Å². The summed E-state index contributed by atoms with van der Waals surface area (Å²) in [5.41, 5.74) is 0. The van der Waals surface area contributed by atoms with Gasteiger partial charge in [0.25, 0.3) is 0 Å². The molecule has 6 heteroatoms. The number of nitrogens with zero attached hydrogens (tertiary/aromatic N) is 2. The lowest BCUT2D eigenvalue weighted by Crippen LogP contribution is -2.46. The summed E-state index contributed by atoms with van der Waals surface area (Å²) in [6, 6.07) is 0. The van der Waals surface area contributed by atoms with Gasteiger partial charge in [-0.15, -0.1) is 0 Å². The maximum Gasteiger partial charge on any atom is 0.224 e. The highest BCUT2D eigenvalue weighted by Crippen LogP contribution is 2.17. The van der Waals surface area contributed by atoms with Gasteiger partial charge in [0, 0.05) is 52.2 Å². The third-order valence-corrected chi connectivity index (χ3v) is 4.77. The van der Waals surface area contributed by atoms with Crippen LogP contribution in [0.25, 0.3) is 0 Å². The molecule has 0 saturated carbocycles.